The van der Waals surface area contributed by atoms with Crippen LogP contribution in [0.3, 0.4) is 0 Å². The summed E-state index contributed by atoms with van der Waals surface area (Å²) in [5, 5.41) is 4.12. The van der Waals surface area contributed by atoms with Crippen LogP contribution in [0.15, 0.2) is 148 Å². The van der Waals surface area contributed by atoms with E-state index in [4.69, 9.17) is 28.8 Å². The topological polar surface area (TPSA) is 82.8 Å². The van der Waals surface area contributed by atoms with Crippen molar-refractivity contribution in [2.45, 2.75) is 0 Å². The molecule has 0 aliphatic rings. The van der Waals surface area contributed by atoms with Crippen LogP contribution in [-0.4, -0.2) is 24.5 Å². The van der Waals surface area contributed by atoms with Crippen molar-refractivity contribution < 1.29 is 8.83 Å². The van der Waals surface area contributed by atoms with Gasteiger partial charge in [-0.3, -0.25) is 4.57 Å². The van der Waals surface area contributed by atoms with Gasteiger partial charge >= 0.3 is 0 Å². The number of oxazole rings is 1. The number of fused-ring (bicyclic) bond motifs is 7. The molecule has 47 heavy (non-hydrogen) atoms. The lowest BCUT2D eigenvalue weighted by Gasteiger charge is -2.11. The van der Waals surface area contributed by atoms with Crippen molar-refractivity contribution in [3.05, 3.63) is 140 Å². The van der Waals surface area contributed by atoms with Crippen molar-refractivity contribution in [1.29, 1.82) is 0 Å². The summed E-state index contributed by atoms with van der Waals surface area (Å²) >= 11 is 0. The van der Waals surface area contributed by atoms with E-state index in [2.05, 4.69) is 47.0 Å². The Kier molecular flexibility index (Phi) is 5.44. The Hall–Kier alpha value is -6.60. The second-order valence-corrected chi connectivity index (χ2v) is 11.5. The van der Waals surface area contributed by atoms with Gasteiger partial charge in [-0.15, -0.1) is 0 Å². The van der Waals surface area contributed by atoms with Crippen molar-refractivity contribution in [2.75, 3.05) is 0 Å². The molecule has 0 bridgehead atoms. The van der Waals surface area contributed by atoms with Gasteiger partial charge in [0.15, 0.2) is 17.2 Å². The third-order valence-corrected chi connectivity index (χ3v) is 8.72. The van der Waals surface area contributed by atoms with Crippen LogP contribution in [0.4, 0.5) is 0 Å². The monoisotopic (exact) mass is 605 g/mol. The third-order valence-electron chi connectivity index (χ3n) is 8.72. The molecule has 7 nitrogen and oxygen atoms in total. The molecular formula is C40H23N5O2. The minimum absolute atomic E-state index is 0.512. The number of aromatic nitrogens is 5. The first kappa shape index (κ1) is 25.7. The van der Waals surface area contributed by atoms with Crippen LogP contribution < -0.4 is 0 Å². The highest BCUT2D eigenvalue weighted by Gasteiger charge is 2.22. The van der Waals surface area contributed by atoms with Gasteiger partial charge in [-0.05, 0) is 36.4 Å². The molecule has 0 aliphatic carbocycles. The molecule has 0 N–H and O–H groups in total. The van der Waals surface area contributed by atoms with Crippen LogP contribution in [0.5, 0.6) is 0 Å². The van der Waals surface area contributed by atoms with Crippen molar-refractivity contribution in [3.8, 4) is 40.2 Å². The summed E-state index contributed by atoms with van der Waals surface area (Å²) in [6, 6.07) is 46.5. The first-order valence-corrected chi connectivity index (χ1v) is 15.4. The standard InChI is InChI=1S/C40H23N5O2/c1-2-12-24(13-3-1)37-42-38(44-40(43-37)45-31-20-7-4-14-25(31)26-15-5-8-21-32(26)45)28-17-11-23-34-35(28)27-16-10-18-29(36(27)46-34)39-41-30-19-6-9-22-33(30)47-39/h1-23H. The average molecular weight is 606 g/mol. The summed E-state index contributed by atoms with van der Waals surface area (Å²) in [6.45, 7) is 0. The number of hydrogen-bond donors (Lipinski definition) is 0. The summed E-state index contributed by atoms with van der Waals surface area (Å²) in [5.41, 5.74) is 7.54. The lowest BCUT2D eigenvalue weighted by Crippen LogP contribution is -2.06. The van der Waals surface area contributed by atoms with Crippen molar-refractivity contribution in [2.24, 2.45) is 0 Å². The summed E-state index contributed by atoms with van der Waals surface area (Å²) in [7, 11) is 0. The number of furan rings is 1. The van der Waals surface area contributed by atoms with Gasteiger partial charge in [-0.2, -0.15) is 9.97 Å². The van der Waals surface area contributed by atoms with Crippen LogP contribution in [0.25, 0.3) is 95.0 Å². The molecule has 220 valence electrons. The van der Waals surface area contributed by atoms with E-state index in [9.17, 15) is 0 Å². The molecule has 0 unspecified atom stereocenters. The van der Waals surface area contributed by atoms with Gasteiger partial charge in [0.05, 0.1) is 16.6 Å². The summed E-state index contributed by atoms with van der Waals surface area (Å²) in [6.07, 6.45) is 0. The molecule has 0 atom stereocenters. The maximum absolute atomic E-state index is 6.55. The normalized spacial score (nSPS) is 11.8. The Bertz CT molecular complexity index is 2720. The molecule has 10 aromatic rings. The Balaban J connectivity index is 1.25. The highest BCUT2D eigenvalue weighted by molar-refractivity contribution is 6.15. The number of rotatable bonds is 4. The van der Waals surface area contributed by atoms with Crippen LogP contribution in [0.2, 0.25) is 0 Å². The van der Waals surface area contributed by atoms with Crippen molar-refractivity contribution in [3.63, 3.8) is 0 Å². The maximum atomic E-state index is 6.55. The first-order chi connectivity index (χ1) is 23.3. The Morgan fingerprint density at radius 1 is 0.447 bits per heavy atom. The zero-order valence-corrected chi connectivity index (χ0v) is 24.8. The number of para-hydroxylation sites is 5. The molecule has 0 spiro atoms. The van der Waals surface area contributed by atoms with E-state index in [1.807, 2.05) is 97.1 Å². The van der Waals surface area contributed by atoms with E-state index in [0.29, 0.717) is 29.1 Å². The predicted molar refractivity (Wildman–Crippen MR) is 185 cm³/mol. The zero-order valence-electron chi connectivity index (χ0n) is 24.8. The van der Waals surface area contributed by atoms with Crippen LogP contribution in [0, 0.1) is 0 Å². The molecule has 0 radical (unpaired) electrons. The number of benzene rings is 6. The fourth-order valence-corrected chi connectivity index (χ4v) is 6.63. The predicted octanol–water partition coefficient (Wildman–Crippen LogP) is 10.0. The number of hydrogen-bond acceptors (Lipinski definition) is 6. The highest BCUT2D eigenvalue weighted by Crippen LogP contribution is 2.41. The first-order valence-electron chi connectivity index (χ1n) is 15.4. The van der Waals surface area contributed by atoms with Crippen molar-refractivity contribution in [1.82, 2.24) is 24.5 Å². The summed E-state index contributed by atoms with van der Waals surface area (Å²) in [5.74, 6) is 2.20. The second-order valence-electron chi connectivity index (χ2n) is 11.5. The fraction of sp³-hybridized carbons (Fsp3) is 0. The minimum atomic E-state index is 0.512. The van der Waals surface area contributed by atoms with Crippen LogP contribution in [-0.2, 0) is 0 Å². The molecule has 0 amide bonds. The molecular weight excluding hydrogens is 582 g/mol. The van der Waals surface area contributed by atoms with Gasteiger partial charge in [-0.1, -0.05) is 103 Å². The van der Waals surface area contributed by atoms with E-state index in [1.165, 1.54) is 0 Å². The zero-order chi connectivity index (χ0) is 30.9. The Morgan fingerprint density at radius 2 is 1.09 bits per heavy atom. The van der Waals surface area contributed by atoms with Gasteiger partial charge in [0.2, 0.25) is 11.8 Å². The van der Waals surface area contributed by atoms with E-state index in [0.717, 1.165) is 66.0 Å². The van der Waals surface area contributed by atoms with E-state index in [1.54, 1.807) is 0 Å². The molecule has 6 aromatic carbocycles. The molecule has 7 heteroatoms. The van der Waals surface area contributed by atoms with E-state index >= 15 is 0 Å². The highest BCUT2D eigenvalue weighted by atomic mass is 16.4. The lowest BCUT2D eigenvalue weighted by atomic mass is 10.0. The number of nitrogens with zero attached hydrogens (tertiary/aromatic N) is 5. The Labute approximate surface area is 267 Å². The second kappa shape index (κ2) is 9.95. The smallest absolute Gasteiger partial charge is 0.238 e. The largest absolute Gasteiger partial charge is 0.455 e. The average Bonchev–Trinajstić information content (AvgIpc) is 3.83. The molecule has 10 rings (SSSR count). The van der Waals surface area contributed by atoms with Gasteiger partial charge in [0.25, 0.3) is 0 Å². The summed E-state index contributed by atoms with van der Waals surface area (Å²) < 4.78 is 14.8. The molecule has 4 heterocycles. The van der Waals surface area contributed by atoms with E-state index in [-0.39, 0.29) is 0 Å². The molecule has 0 saturated heterocycles. The maximum Gasteiger partial charge on any atom is 0.238 e. The van der Waals surface area contributed by atoms with E-state index < -0.39 is 0 Å². The van der Waals surface area contributed by atoms with Gasteiger partial charge in [0, 0.05) is 32.7 Å². The fourth-order valence-electron chi connectivity index (χ4n) is 6.63. The van der Waals surface area contributed by atoms with Crippen LogP contribution in [0.1, 0.15) is 0 Å². The molecule has 4 aromatic heterocycles. The third kappa shape index (κ3) is 3.93. The molecule has 0 saturated carbocycles. The quantitative estimate of drug-likeness (QED) is 0.199. The van der Waals surface area contributed by atoms with Crippen molar-refractivity contribution >= 4 is 54.8 Å². The van der Waals surface area contributed by atoms with Gasteiger partial charge in [-0.25, -0.2) is 9.97 Å². The summed E-state index contributed by atoms with van der Waals surface area (Å²) in [4.78, 5) is 20.1. The minimum Gasteiger partial charge on any atom is -0.455 e. The van der Waals surface area contributed by atoms with Gasteiger partial charge in [0.1, 0.15) is 16.7 Å². The Morgan fingerprint density at radius 3 is 1.89 bits per heavy atom. The molecule has 0 aliphatic heterocycles. The SMILES string of the molecule is c1ccc(-c2nc(-c3cccc4oc5c(-c6nc7ccccc7o6)cccc5c34)nc(-n3c4ccccc4c4ccccc43)n2)cc1. The van der Waals surface area contributed by atoms with Gasteiger partial charge < -0.3 is 8.83 Å². The lowest BCUT2D eigenvalue weighted by molar-refractivity contribution is 0.615. The van der Waals surface area contributed by atoms with Crippen LogP contribution >= 0.6 is 0 Å². The molecule has 0 fully saturated rings.